The third-order valence-electron chi connectivity index (χ3n) is 4.23. The summed E-state index contributed by atoms with van der Waals surface area (Å²) < 4.78 is 2.30. The van der Waals surface area contributed by atoms with Crippen molar-refractivity contribution in [2.24, 2.45) is 0 Å². The van der Waals surface area contributed by atoms with E-state index >= 15 is 0 Å². The van der Waals surface area contributed by atoms with Gasteiger partial charge in [-0.15, -0.1) is 0 Å². The molecule has 0 unspecified atom stereocenters. The van der Waals surface area contributed by atoms with Crippen LogP contribution >= 0.6 is 0 Å². The molecule has 2 aromatic heterocycles. The second-order valence-electron chi connectivity index (χ2n) is 5.41. The van der Waals surface area contributed by atoms with Crippen molar-refractivity contribution in [1.82, 2.24) is 9.55 Å². The van der Waals surface area contributed by atoms with E-state index in [0.29, 0.717) is 0 Å². The molecule has 0 aliphatic carbocycles. The number of fused-ring (bicyclic) bond motifs is 4. The molecule has 0 N–H and O–H groups in total. The zero-order valence-corrected chi connectivity index (χ0v) is 11.3. The fourth-order valence-corrected chi connectivity index (χ4v) is 3.29. The van der Waals surface area contributed by atoms with Gasteiger partial charge in [-0.05, 0) is 28.1 Å². The van der Waals surface area contributed by atoms with Crippen LogP contribution in [0.25, 0.3) is 34.1 Å². The second kappa shape index (κ2) is 3.83. The maximum Gasteiger partial charge on any atom is 0.0608 e. The molecule has 4 aromatic rings. The maximum absolute atomic E-state index is 4.29. The largest absolute Gasteiger partial charge is 0.315 e. The molecule has 5 rings (SSSR count). The average Bonchev–Trinajstić information content (AvgIpc) is 2.74. The molecule has 98 valence electrons. The molecule has 0 bridgehead atoms. The average molecular weight is 268 g/mol. The Morgan fingerprint density at radius 2 is 1.71 bits per heavy atom. The lowest BCUT2D eigenvalue weighted by molar-refractivity contribution is 1.26. The minimum absolute atomic E-state index is 1.21. The Labute approximate surface area is 121 Å². The van der Waals surface area contributed by atoms with Crippen molar-refractivity contribution in [2.75, 3.05) is 0 Å². The summed E-state index contributed by atoms with van der Waals surface area (Å²) in [5.41, 5.74) is 3.72. The van der Waals surface area contributed by atoms with E-state index in [0.717, 1.165) is 0 Å². The Kier molecular flexibility index (Phi) is 1.98. The van der Waals surface area contributed by atoms with Gasteiger partial charge in [-0.3, -0.25) is 4.98 Å². The lowest BCUT2D eigenvalue weighted by Gasteiger charge is -2.01. The number of nitrogens with zero attached hydrogens (tertiary/aromatic N) is 2. The third kappa shape index (κ3) is 1.39. The highest BCUT2D eigenvalue weighted by Crippen LogP contribution is 2.31. The summed E-state index contributed by atoms with van der Waals surface area (Å²) in [4.78, 5) is 4.29. The topological polar surface area (TPSA) is 17.8 Å². The van der Waals surface area contributed by atoms with Crippen LogP contribution in [0, 0.1) is 0 Å². The van der Waals surface area contributed by atoms with Crippen molar-refractivity contribution in [3.05, 3.63) is 76.9 Å². The van der Waals surface area contributed by atoms with E-state index in [4.69, 9.17) is 0 Å². The lowest BCUT2D eigenvalue weighted by atomic mass is 10.1. The number of para-hydroxylation sites is 1. The molecule has 3 heterocycles. The highest BCUT2D eigenvalue weighted by Gasteiger charge is 2.13. The molecule has 21 heavy (non-hydrogen) atoms. The Morgan fingerprint density at radius 3 is 2.67 bits per heavy atom. The van der Waals surface area contributed by atoms with Crippen LogP contribution in [0.15, 0.2) is 60.9 Å². The SMILES string of the molecule is C1=c2ccccc2=Cn2c3ccncc3c3cccc1c32. The molecule has 0 atom stereocenters. The van der Waals surface area contributed by atoms with Crippen molar-refractivity contribution in [1.29, 1.82) is 0 Å². The van der Waals surface area contributed by atoms with Gasteiger partial charge in [-0.1, -0.05) is 42.5 Å². The molecule has 0 fully saturated rings. The first-order valence-electron chi connectivity index (χ1n) is 7.07. The standard InChI is InChI=1S/C19H12N2/c1-2-5-15-12-21-18-8-9-20-11-17(18)16-7-3-6-14(19(16)21)10-13(15)4-1/h1-12H. The molecular weight excluding hydrogens is 256 g/mol. The first kappa shape index (κ1) is 10.9. The van der Waals surface area contributed by atoms with Gasteiger partial charge in [0.25, 0.3) is 0 Å². The summed E-state index contributed by atoms with van der Waals surface area (Å²) in [6.45, 7) is 0. The fraction of sp³-hybridized carbons (Fsp3) is 0. The summed E-state index contributed by atoms with van der Waals surface area (Å²) in [6, 6.07) is 17.1. The van der Waals surface area contributed by atoms with Crippen molar-refractivity contribution in [3.8, 4) is 0 Å². The normalized spacial score (nSPS) is 12.6. The molecule has 0 radical (unpaired) electrons. The molecule has 0 spiro atoms. The molecule has 0 saturated heterocycles. The molecule has 0 amide bonds. The van der Waals surface area contributed by atoms with Crippen molar-refractivity contribution >= 4 is 34.1 Å². The monoisotopic (exact) mass is 268 g/mol. The zero-order valence-electron chi connectivity index (χ0n) is 11.3. The van der Waals surface area contributed by atoms with E-state index < -0.39 is 0 Å². The Hall–Kier alpha value is -2.87. The van der Waals surface area contributed by atoms with Gasteiger partial charge >= 0.3 is 0 Å². The number of pyridine rings is 1. The highest BCUT2D eigenvalue weighted by molar-refractivity contribution is 6.11. The van der Waals surface area contributed by atoms with Crippen molar-refractivity contribution in [3.63, 3.8) is 0 Å². The summed E-state index contributed by atoms with van der Waals surface area (Å²) in [7, 11) is 0. The van der Waals surface area contributed by atoms with Crippen LogP contribution in [-0.2, 0) is 0 Å². The second-order valence-corrected chi connectivity index (χ2v) is 5.41. The Morgan fingerprint density at radius 1 is 0.810 bits per heavy atom. The smallest absolute Gasteiger partial charge is 0.0608 e. The summed E-state index contributed by atoms with van der Waals surface area (Å²) in [5, 5.41) is 4.97. The van der Waals surface area contributed by atoms with Crippen LogP contribution < -0.4 is 10.4 Å². The predicted molar refractivity (Wildman–Crippen MR) is 86.4 cm³/mol. The van der Waals surface area contributed by atoms with Crippen LogP contribution in [0.2, 0.25) is 0 Å². The molecule has 2 aromatic carbocycles. The predicted octanol–water partition coefficient (Wildman–Crippen LogP) is 2.62. The van der Waals surface area contributed by atoms with Gasteiger partial charge in [0.2, 0.25) is 0 Å². The number of benzene rings is 2. The number of hydrogen-bond donors (Lipinski definition) is 0. The molecular formula is C19H12N2. The molecule has 1 aliphatic heterocycles. The quantitative estimate of drug-likeness (QED) is 0.422. The van der Waals surface area contributed by atoms with Gasteiger partial charge in [0, 0.05) is 29.4 Å². The van der Waals surface area contributed by atoms with Gasteiger partial charge in [0.1, 0.15) is 0 Å². The summed E-state index contributed by atoms with van der Waals surface area (Å²) in [5.74, 6) is 0. The fourth-order valence-electron chi connectivity index (χ4n) is 3.29. The van der Waals surface area contributed by atoms with E-state index in [-0.39, 0.29) is 0 Å². The highest BCUT2D eigenvalue weighted by atomic mass is 15.0. The first-order chi connectivity index (χ1) is 10.4. The minimum Gasteiger partial charge on any atom is -0.315 e. The lowest BCUT2D eigenvalue weighted by Crippen LogP contribution is -2.23. The van der Waals surface area contributed by atoms with Gasteiger partial charge in [0.05, 0.1) is 11.0 Å². The molecule has 2 nitrogen and oxygen atoms in total. The number of rotatable bonds is 0. The zero-order chi connectivity index (χ0) is 13.8. The molecule has 2 heteroatoms. The van der Waals surface area contributed by atoms with E-state index in [1.54, 1.807) is 0 Å². The molecule has 0 saturated carbocycles. The van der Waals surface area contributed by atoms with E-state index in [1.165, 1.54) is 37.8 Å². The number of hydrogen-bond acceptors (Lipinski definition) is 1. The van der Waals surface area contributed by atoms with Crippen LogP contribution in [-0.4, -0.2) is 9.55 Å². The van der Waals surface area contributed by atoms with Crippen LogP contribution in [0.4, 0.5) is 0 Å². The summed E-state index contributed by atoms with van der Waals surface area (Å²) in [6.07, 6.45) is 8.31. The molecule has 1 aliphatic rings. The van der Waals surface area contributed by atoms with Gasteiger partial charge < -0.3 is 4.57 Å². The Bertz CT molecular complexity index is 1130. The van der Waals surface area contributed by atoms with E-state index in [2.05, 4.69) is 70.4 Å². The van der Waals surface area contributed by atoms with Crippen molar-refractivity contribution < 1.29 is 0 Å². The minimum atomic E-state index is 1.21. The first-order valence-corrected chi connectivity index (χ1v) is 7.07. The van der Waals surface area contributed by atoms with E-state index in [1.807, 2.05) is 12.4 Å². The van der Waals surface area contributed by atoms with Gasteiger partial charge in [0.15, 0.2) is 0 Å². The van der Waals surface area contributed by atoms with Crippen molar-refractivity contribution in [2.45, 2.75) is 0 Å². The summed E-state index contributed by atoms with van der Waals surface area (Å²) >= 11 is 0. The number of aromatic nitrogens is 2. The van der Waals surface area contributed by atoms with E-state index in [9.17, 15) is 0 Å². The van der Waals surface area contributed by atoms with Crippen LogP contribution in [0.5, 0.6) is 0 Å². The van der Waals surface area contributed by atoms with Gasteiger partial charge in [-0.2, -0.15) is 0 Å². The maximum atomic E-state index is 4.29. The van der Waals surface area contributed by atoms with Crippen LogP contribution in [0.1, 0.15) is 5.56 Å². The Balaban J connectivity index is 2.14. The van der Waals surface area contributed by atoms with Gasteiger partial charge in [-0.25, -0.2) is 0 Å². The van der Waals surface area contributed by atoms with Crippen LogP contribution in [0.3, 0.4) is 0 Å². The third-order valence-corrected chi connectivity index (χ3v) is 4.23.